The van der Waals surface area contributed by atoms with E-state index in [2.05, 4.69) is 5.09 Å². The van der Waals surface area contributed by atoms with Crippen LogP contribution in [0.4, 0.5) is 0 Å². The molecule has 0 amide bonds. The summed E-state index contributed by atoms with van der Waals surface area (Å²) in [7, 11) is 2.02. The average Bonchev–Trinajstić information content (AvgIpc) is 2.95. The van der Waals surface area contributed by atoms with Crippen molar-refractivity contribution in [1.29, 1.82) is 0 Å². The average molecular weight is 588 g/mol. The van der Waals surface area contributed by atoms with Crippen LogP contribution in [0.2, 0.25) is 0 Å². The molecule has 0 radical (unpaired) electrons. The minimum Gasteiger partial charge on any atom is -0.493 e. The van der Waals surface area contributed by atoms with Crippen LogP contribution in [-0.2, 0) is 26.9 Å². The van der Waals surface area contributed by atoms with Gasteiger partial charge in [0.15, 0.2) is 23.0 Å². The van der Waals surface area contributed by atoms with Crippen LogP contribution in [0.1, 0.15) is 31.9 Å². The van der Waals surface area contributed by atoms with Crippen molar-refractivity contribution in [2.75, 3.05) is 28.4 Å². The minimum atomic E-state index is -4.16. The third-order valence-corrected chi connectivity index (χ3v) is 7.49. The molecule has 0 aliphatic rings. The van der Waals surface area contributed by atoms with Crippen LogP contribution in [0.5, 0.6) is 34.5 Å². The summed E-state index contributed by atoms with van der Waals surface area (Å²) in [6.07, 6.45) is 0.897. The van der Waals surface area contributed by atoms with Crippen LogP contribution in [0.3, 0.4) is 0 Å². The Labute approximate surface area is 241 Å². The summed E-state index contributed by atoms with van der Waals surface area (Å²) < 4.78 is 52.9. The Kier molecular flexibility index (Phi) is 11.3. The van der Waals surface area contributed by atoms with Gasteiger partial charge in [0, 0.05) is 0 Å². The lowest BCUT2D eigenvalue weighted by Gasteiger charge is -2.24. The molecule has 3 aromatic carbocycles. The number of nitrogens with one attached hydrogen (secondary N) is 1. The van der Waals surface area contributed by atoms with E-state index in [1.165, 1.54) is 14.0 Å². The summed E-state index contributed by atoms with van der Waals surface area (Å²) >= 11 is 0. The van der Waals surface area contributed by atoms with Crippen molar-refractivity contribution in [3.05, 3.63) is 71.8 Å². The number of carbonyl (C=O) groups is 1. The third kappa shape index (κ3) is 8.80. The lowest BCUT2D eigenvalue weighted by atomic mass is 10.0. The van der Waals surface area contributed by atoms with Gasteiger partial charge in [-0.25, -0.2) is 4.57 Å². The summed E-state index contributed by atoms with van der Waals surface area (Å²) in [6.45, 7) is 4.99. The van der Waals surface area contributed by atoms with Gasteiger partial charge in [-0.2, -0.15) is 5.09 Å². The highest BCUT2D eigenvalue weighted by Crippen LogP contribution is 2.48. The van der Waals surface area contributed by atoms with Crippen molar-refractivity contribution < 1.29 is 42.1 Å². The monoisotopic (exact) mass is 587 g/mol. The molecule has 0 bridgehead atoms. The summed E-state index contributed by atoms with van der Waals surface area (Å²) in [5.74, 6) is 1.89. The van der Waals surface area contributed by atoms with Gasteiger partial charge in [-0.1, -0.05) is 24.3 Å². The van der Waals surface area contributed by atoms with E-state index in [0.29, 0.717) is 41.6 Å². The SMILES string of the molecule is COc1ccc(CCc2cc(OC)c(OC)c(OC)c2)cc1OP(=O)(N[C@@H](C)C(=O)OC(C)C)Oc1ccccc1. The number of esters is 1. The second-order valence-electron chi connectivity index (χ2n) is 9.35. The molecule has 3 rings (SSSR count). The van der Waals surface area contributed by atoms with E-state index < -0.39 is 19.8 Å². The highest BCUT2D eigenvalue weighted by Gasteiger charge is 2.35. The van der Waals surface area contributed by atoms with Crippen molar-refractivity contribution >= 4 is 13.7 Å². The van der Waals surface area contributed by atoms with E-state index in [1.807, 2.05) is 18.2 Å². The number of ether oxygens (including phenoxy) is 5. The van der Waals surface area contributed by atoms with Gasteiger partial charge in [-0.15, -0.1) is 0 Å². The first-order chi connectivity index (χ1) is 19.6. The van der Waals surface area contributed by atoms with Gasteiger partial charge in [0.05, 0.1) is 34.5 Å². The van der Waals surface area contributed by atoms with Crippen molar-refractivity contribution in [3.8, 4) is 34.5 Å². The molecule has 0 saturated heterocycles. The molecule has 0 spiro atoms. The van der Waals surface area contributed by atoms with Crippen molar-refractivity contribution in [3.63, 3.8) is 0 Å². The molecule has 0 heterocycles. The van der Waals surface area contributed by atoms with Crippen LogP contribution >= 0.6 is 7.75 Å². The largest absolute Gasteiger partial charge is 0.513 e. The van der Waals surface area contributed by atoms with Gasteiger partial charge >= 0.3 is 13.7 Å². The molecule has 3 aromatic rings. The number of hydrogen-bond donors (Lipinski definition) is 1. The molecule has 222 valence electrons. The normalized spacial score (nSPS) is 13.1. The predicted molar refractivity (Wildman–Crippen MR) is 156 cm³/mol. The first-order valence-corrected chi connectivity index (χ1v) is 14.6. The van der Waals surface area contributed by atoms with Crippen LogP contribution in [0, 0.1) is 0 Å². The van der Waals surface area contributed by atoms with Crippen LogP contribution in [0.15, 0.2) is 60.7 Å². The Morgan fingerprint density at radius 3 is 1.88 bits per heavy atom. The zero-order valence-electron chi connectivity index (χ0n) is 24.5. The Morgan fingerprint density at radius 2 is 1.32 bits per heavy atom. The summed E-state index contributed by atoms with van der Waals surface area (Å²) in [4.78, 5) is 12.5. The molecule has 1 N–H and O–H groups in total. The third-order valence-electron chi connectivity index (χ3n) is 5.90. The lowest BCUT2D eigenvalue weighted by Crippen LogP contribution is -2.36. The van der Waals surface area contributed by atoms with E-state index in [-0.39, 0.29) is 11.9 Å². The molecule has 2 atom stereocenters. The standard InChI is InChI=1S/C30H38NO9P/c1-20(2)38-30(32)21(3)31-41(33,39-24-11-9-8-10-12-24)40-26-17-22(15-16-25(26)34-4)13-14-23-18-27(35-5)29(37-7)28(19-23)36-6/h8-12,15-21H,13-14H2,1-7H3,(H,31,33)/t21-,41?/m0/s1. The number of para-hydroxylation sites is 1. The Hall–Kier alpha value is -3.88. The van der Waals surface area contributed by atoms with Crippen molar-refractivity contribution in [2.45, 2.75) is 45.8 Å². The maximum absolute atomic E-state index is 14.1. The molecule has 0 fully saturated rings. The fraction of sp³-hybridized carbons (Fsp3) is 0.367. The molecule has 10 nitrogen and oxygen atoms in total. The molecular weight excluding hydrogens is 549 g/mol. The maximum Gasteiger partial charge on any atom is 0.513 e. The zero-order chi connectivity index (χ0) is 30.0. The minimum absolute atomic E-state index is 0.186. The van der Waals surface area contributed by atoms with Gasteiger partial charge in [0.25, 0.3) is 0 Å². The van der Waals surface area contributed by atoms with Gasteiger partial charge in [-0.3, -0.25) is 4.79 Å². The van der Waals surface area contributed by atoms with Crippen molar-refractivity contribution in [2.24, 2.45) is 0 Å². The topological polar surface area (TPSA) is 111 Å². The molecular formula is C30H38NO9P. The highest BCUT2D eigenvalue weighted by atomic mass is 31.2. The summed E-state index contributed by atoms with van der Waals surface area (Å²) in [6, 6.07) is 16.7. The fourth-order valence-corrected chi connectivity index (χ4v) is 5.48. The quantitative estimate of drug-likeness (QED) is 0.168. The number of rotatable bonds is 15. The van der Waals surface area contributed by atoms with E-state index >= 15 is 0 Å². The molecule has 11 heteroatoms. The van der Waals surface area contributed by atoms with Gasteiger partial charge in [0.2, 0.25) is 5.75 Å². The molecule has 0 saturated carbocycles. The van der Waals surface area contributed by atoms with Crippen molar-refractivity contribution in [1.82, 2.24) is 5.09 Å². The van der Waals surface area contributed by atoms with Gasteiger partial charge in [-0.05, 0) is 81.1 Å². The number of benzene rings is 3. The van der Waals surface area contributed by atoms with E-state index in [1.54, 1.807) is 77.6 Å². The van der Waals surface area contributed by atoms with E-state index in [4.69, 9.17) is 32.7 Å². The second kappa shape index (κ2) is 14.7. The Bertz CT molecular complexity index is 1320. The van der Waals surface area contributed by atoms with Gasteiger partial charge in [0.1, 0.15) is 11.8 Å². The molecule has 0 aliphatic carbocycles. The lowest BCUT2D eigenvalue weighted by molar-refractivity contribution is -0.149. The summed E-state index contributed by atoms with van der Waals surface area (Å²) in [5, 5.41) is 2.70. The van der Waals surface area contributed by atoms with Crippen LogP contribution in [0.25, 0.3) is 0 Å². The zero-order valence-corrected chi connectivity index (χ0v) is 25.4. The predicted octanol–water partition coefficient (Wildman–Crippen LogP) is 6.00. The number of aryl methyl sites for hydroxylation is 2. The Morgan fingerprint density at radius 1 is 0.732 bits per heavy atom. The summed E-state index contributed by atoms with van der Waals surface area (Å²) in [5.41, 5.74) is 1.85. The molecule has 0 aliphatic heterocycles. The smallest absolute Gasteiger partial charge is 0.493 e. The second-order valence-corrected chi connectivity index (χ2v) is 11.0. The molecule has 41 heavy (non-hydrogen) atoms. The van der Waals surface area contributed by atoms with Crippen LogP contribution in [-0.4, -0.2) is 46.6 Å². The van der Waals surface area contributed by atoms with Crippen LogP contribution < -0.4 is 33.1 Å². The Balaban J connectivity index is 1.88. The molecule has 1 unspecified atom stereocenters. The number of carbonyl (C=O) groups excluding carboxylic acids is 1. The number of hydrogen-bond acceptors (Lipinski definition) is 9. The molecule has 0 aromatic heterocycles. The van der Waals surface area contributed by atoms with Gasteiger partial charge < -0.3 is 32.7 Å². The fourth-order valence-electron chi connectivity index (χ4n) is 3.96. The maximum atomic E-state index is 14.1. The van der Waals surface area contributed by atoms with E-state index in [9.17, 15) is 9.36 Å². The van der Waals surface area contributed by atoms with E-state index in [0.717, 1.165) is 11.1 Å². The number of methoxy groups -OCH3 is 4. The first-order valence-electron chi connectivity index (χ1n) is 13.1. The first kappa shape index (κ1) is 31.6. The highest BCUT2D eigenvalue weighted by molar-refractivity contribution is 7.52.